The molecule has 1 heterocycles. The molecule has 1 N–H and O–H groups in total. The van der Waals surface area contributed by atoms with Gasteiger partial charge in [-0.15, -0.1) is 0 Å². The van der Waals surface area contributed by atoms with Gasteiger partial charge in [-0.2, -0.15) is 0 Å². The first-order valence-corrected chi connectivity index (χ1v) is 8.71. The average Bonchev–Trinajstić information content (AvgIpc) is 3.11. The summed E-state index contributed by atoms with van der Waals surface area (Å²) in [4.78, 5) is 17.9. The van der Waals surface area contributed by atoms with Crippen molar-refractivity contribution in [1.82, 2.24) is 4.98 Å². The van der Waals surface area contributed by atoms with Crippen LogP contribution in [0.1, 0.15) is 24.1 Å². The summed E-state index contributed by atoms with van der Waals surface area (Å²) in [6.07, 6.45) is 2.02. The largest absolute Gasteiger partial charge is 0.361 e. The van der Waals surface area contributed by atoms with E-state index in [1.807, 2.05) is 71.8 Å². The Morgan fingerprint density at radius 3 is 2.15 bits per heavy atom. The van der Waals surface area contributed by atoms with Crippen molar-refractivity contribution in [1.29, 1.82) is 0 Å². The summed E-state index contributed by atoms with van der Waals surface area (Å²) < 4.78 is 0. The first-order valence-electron chi connectivity index (χ1n) is 8.71. The van der Waals surface area contributed by atoms with Gasteiger partial charge in [0.15, 0.2) is 0 Å². The van der Waals surface area contributed by atoms with Crippen LogP contribution in [0.3, 0.4) is 0 Å². The van der Waals surface area contributed by atoms with Crippen molar-refractivity contribution < 1.29 is 4.79 Å². The van der Waals surface area contributed by atoms with E-state index in [1.54, 1.807) is 6.92 Å². The monoisotopic (exact) mass is 340 g/mol. The summed E-state index contributed by atoms with van der Waals surface area (Å²) >= 11 is 0. The topological polar surface area (TPSA) is 36.1 Å². The molecule has 26 heavy (non-hydrogen) atoms. The number of amides is 1. The van der Waals surface area contributed by atoms with Gasteiger partial charge in [0.1, 0.15) is 0 Å². The van der Waals surface area contributed by atoms with E-state index >= 15 is 0 Å². The van der Waals surface area contributed by atoms with Gasteiger partial charge >= 0.3 is 0 Å². The third-order valence-electron chi connectivity index (χ3n) is 4.66. The van der Waals surface area contributed by atoms with Gasteiger partial charge in [0.25, 0.3) is 0 Å². The standard InChI is InChI=1S/C23H20N2O/c1-17(26)25(19-12-6-3-7-13-19)23(18-10-4-2-5-11-18)21-16-24-22-15-9-8-14-20(21)22/h2-16,23-24H,1H3. The van der Waals surface area contributed by atoms with E-state index in [2.05, 4.69) is 29.2 Å². The molecule has 0 fully saturated rings. The second kappa shape index (κ2) is 6.89. The Bertz CT molecular complexity index is 1020. The van der Waals surface area contributed by atoms with Crippen LogP contribution in [0.2, 0.25) is 0 Å². The molecule has 0 spiro atoms. The maximum absolute atomic E-state index is 12.7. The van der Waals surface area contributed by atoms with Crippen LogP contribution in [-0.2, 0) is 4.79 Å². The number of carbonyl (C=O) groups is 1. The normalized spacial score (nSPS) is 12.0. The molecule has 1 amide bonds. The highest BCUT2D eigenvalue weighted by atomic mass is 16.2. The number of aromatic amines is 1. The van der Waals surface area contributed by atoms with Crippen LogP contribution in [0, 0.1) is 0 Å². The lowest BCUT2D eigenvalue weighted by Crippen LogP contribution is -2.33. The van der Waals surface area contributed by atoms with E-state index in [-0.39, 0.29) is 11.9 Å². The smallest absolute Gasteiger partial charge is 0.224 e. The van der Waals surface area contributed by atoms with Crippen LogP contribution in [0.25, 0.3) is 10.9 Å². The lowest BCUT2D eigenvalue weighted by Gasteiger charge is -2.31. The molecule has 4 rings (SSSR count). The Hall–Kier alpha value is -3.33. The number of para-hydroxylation sites is 2. The third-order valence-corrected chi connectivity index (χ3v) is 4.66. The van der Waals surface area contributed by atoms with Crippen LogP contribution in [0.15, 0.2) is 91.1 Å². The highest BCUT2D eigenvalue weighted by Crippen LogP contribution is 2.36. The molecular weight excluding hydrogens is 320 g/mol. The Balaban J connectivity index is 1.95. The van der Waals surface area contributed by atoms with Crippen molar-refractivity contribution in [2.75, 3.05) is 4.90 Å². The minimum Gasteiger partial charge on any atom is -0.361 e. The highest BCUT2D eigenvalue weighted by Gasteiger charge is 2.28. The van der Waals surface area contributed by atoms with Crippen molar-refractivity contribution in [2.45, 2.75) is 13.0 Å². The van der Waals surface area contributed by atoms with Gasteiger partial charge in [-0.3, -0.25) is 4.79 Å². The molecular formula is C23H20N2O. The lowest BCUT2D eigenvalue weighted by molar-refractivity contribution is -0.116. The number of aromatic nitrogens is 1. The minimum absolute atomic E-state index is 0.00957. The quantitative estimate of drug-likeness (QED) is 0.537. The average molecular weight is 340 g/mol. The molecule has 0 bridgehead atoms. The van der Waals surface area contributed by atoms with E-state index in [9.17, 15) is 4.79 Å². The number of hydrogen-bond acceptors (Lipinski definition) is 1. The molecule has 3 nitrogen and oxygen atoms in total. The molecule has 0 saturated carbocycles. The number of rotatable bonds is 4. The van der Waals surface area contributed by atoms with Gasteiger partial charge in [0.05, 0.1) is 6.04 Å². The van der Waals surface area contributed by atoms with Crippen molar-refractivity contribution in [3.63, 3.8) is 0 Å². The van der Waals surface area contributed by atoms with Gasteiger partial charge in [-0.1, -0.05) is 66.7 Å². The number of hydrogen-bond donors (Lipinski definition) is 1. The van der Waals surface area contributed by atoms with Gasteiger partial charge in [0, 0.05) is 35.3 Å². The summed E-state index contributed by atoms with van der Waals surface area (Å²) in [5, 5.41) is 1.13. The summed E-state index contributed by atoms with van der Waals surface area (Å²) in [5.74, 6) is 0.00957. The molecule has 128 valence electrons. The molecule has 0 saturated heterocycles. The van der Waals surface area contributed by atoms with E-state index in [0.29, 0.717) is 0 Å². The zero-order valence-corrected chi connectivity index (χ0v) is 14.6. The van der Waals surface area contributed by atoms with Gasteiger partial charge in [-0.25, -0.2) is 0 Å². The second-order valence-electron chi connectivity index (χ2n) is 6.33. The van der Waals surface area contributed by atoms with Crippen LogP contribution in [0.4, 0.5) is 5.69 Å². The van der Waals surface area contributed by atoms with E-state index in [4.69, 9.17) is 0 Å². The Morgan fingerprint density at radius 1 is 0.846 bits per heavy atom. The first kappa shape index (κ1) is 16.2. The molecule has 3 heteroatoms. The summed E-state index contributed by atoms with van der Waals surface area (Å²) in [7, 11) is 0. The predicted molar refractivity (Wildman–Crippen MR) is 106 cm³/mol. The summed E-state index contributed by atoms with van der Waals surface area (Å²) in [6.45, 7) is 1.62. The molecule has 1 unspecified atom stereocenters. The van der Waals surface area contributed by atoms with E-state index < -0.39 is 0 Å². The number of nitrogens with zero attached hydrogens (tertiary/aromatic N) is 1. The van der Waals surface area contributed by atoms with Crippen LogP contribution in [-0.4, -0.2) is 10.9 Å². The van der Waals surface area contributed by atoms with Crippen molar-refractivity contribution in [2.24, 2.45) is 0 Å². The molecule has 0 aliphatic carbocycles. The van der Waals surface area contributed by atoms with Gasteiger partial charge < -0.3 is 9.88 Å². The number of anilines is 1. The first-order chi connectivity index (χ1) is 12.8. The fourth-order valence-corrected chi connectivity index (χ4v) is 3.52. The third kappa shape index (κ3) is 2.88. The van der Waals surface area contributed by atoms with E-state index in [0.717, 1.165) is 27.7 Å². The van der Waals surface area contributed by atoms with Crippen LogP contribution >= 0.6 is 0 Å². The molecule has 0 aliphatic rings. The second-order valence-corrected chi connectivity index (χ2v) is 6.33. The van der Waals surface area contributed by atoms with Gasteiger partial charge in [0.2, 0.25) is 5.91 Å². The predicted octanol–water partition coefficient (Wildman–Crippen LogP) is 5.31. The van der Waals surface area contributed by atoms with E-state index in [1.165, 1.54) is 0 Å². The summed E-state index contributed by atoms with van der Waals surface area (Å²) in [5.41, 5.74) is 4.13. The maximum atomic E-state index is 12.7. The zero-order chi connectivity index (χ0) is 17.9. The number of carbonyl (C=O) groups excluding carboxylic acids is 1. The molecule has 1 atom stereocenters. The van der Waals surface area contributed by atoms with Crippen molar-refractivity contribution in [3.05, 3.63) is 102 Å². The lowest BCUT2D eigenvalue weighted by atomic mass is 9.95. The molecule has 0 radical (unpaired) electrons. The van der Waals surface area contributed by atoms with Crippen LogP contribution < -0.4 is 4.90 Å². The fourth-order valence-electron chi connectivity index (χ4n) is 3.52. The molecule has 0 aliphatic heterocycles. The minimum atomic E-state index is -0.202. The van der Waals surface area contributed by atoms with Gasteiger partial charge in [-0.05, 0) is 23.8 Å². The SMILES string of the molecule is CC(=O)N(c1ccccc1)C(c1ccccc1)c1c[nH]c2ccccc12. The number of H-pyrrole nitrogens is 1. The Kier molecular flexibility index (Phi) is 4.28. The maximum Gasteiger partial charge on any atom is 0.224 e. The molecule has 3 aromatic carbocycles. The molecule has 1 aromatic heterocycles. The highest BCUT2D eigenvalue weighted by molar-refractivity contribution is 5.95. The fraction of sp³-hybridized carbons (Fsp3) is 0.0870. The van der Waals surface area contributed by atoms with Crippen LogP contribution in [0.5, 0.6) is 0 Å². The number of fused-ring (bicyclic) bond motifs is 1. The number of nitrogens with one attached hydrogen (secondary N) is 1. The zero-order valence-electron chi connectivity index (χ0n) is 14.6. The molecule has 4 aromatic rings. The summed E-state index contributed by atoms with van der Waals surface area (Å²) in [6, 6.07) is 28.0. The van der Waals surface area contributed by atoms with Crippen molar-refractivity contribution in [3.8, 4) is 0 Å². The van der Waals surface area contributed by atoms with Crippen molar-refractivity contribution >= 4 is 22.5 Å². The Labute approximate surface area is 152 Å². The number of benzene rings is 3. The Morgan fingerprint density at radius 2 is 1.46 bits per heavy atom.